The highest BCUT2D eigenvalue weighted by molar-refractivity contribution is 6.02. The normalized spacial score (nSPS) is 11.9. The van der Waals surface area contributed by atoms with Crippen molar-refractivity contribution in [3.63, 3.8) is 0 Å². The Balaban J connectivity index is 1.37. The second-order valence-electron chi connectivity index (χ2n) is 5.91. The van der Waals surface area contributed by atoms with E-state index < -0.39 is 17.5 Å². The van der Waals surface area contributed by atoms with Gasteiger partial charge in [-0.05, 0) is 29.8 Å². The molecule has 1 aromatic heterocycles. The predicted octanol–water partition coefficient (Wildman–Crippen LogP) is 3.35. The summed E-state index contributed by atoms with van der Waals surface area (Å²) in [6.45, 7) is 0.681. The minimum Gasteiger partial charge on any atom is -0.454 e. The third kappa shape index (κ3) is 3.83. The maximum atomic E-state index is 13.6. The first-order chi connectivity index (χ1) is 13.6. The lowest BCUT2D eigenvalue weighted by atomic mass is 10.2. The van der Waals surface area contributed by atoms with Crippen LogP contribution in [0.2, 0.25) is 0 Å². The molecule has 142 valence electrons. The zero-order valence-corrected chi connectivity index (χ0v) is 14.4. The Kier molecular flexibility index (Phi) is 4.71. The van der Waals surface area contributed by atoms with Gasteiger partial charge in [0.25, 0.3) is 5.91 Å². The molecule has 1 aliphatic heterocycles. The van der Waals surface area contributed by atoms with E-state index in [1.54, 1.807) is 0 Å². The molecule has 0 saturated heterocycles. The zero-order valence-electron chi connectivity index (χ0n) is 14.4. The lowest BCUT2D eigenvalue weighted by Crippen LogP contribution is -2.15. The SMILES string of the molecule is O=C(Nc1ccc(F)cc1F)c1cnc(NCc2ccc3c(c2)OCO3)cn1. The van der Waals surface area contributed by atoms with E-state index in [-0.39, 0.29) is 18.2 Å². The fraction of sp³-hybridized carbons (Fsp3) is 0.105. The molecule has 2 N–H and O–H groups in total. The van der Waals surface area contributed by atoms with Crippen LogP contribution in [0.25, 0.3) is 0 Å². The standard InChI is InChI=1S/C19H14F2N4O3/c20-12-2-3-14(13(21)6-12)25-19(26)15-8-24-18(9-22-15)23-7-11-1-4-16-17(5-11)28-10-27-16/h1-6,8-9H,7,10H2,(H,23,24)(H,25,26). The molecule has 4 rings (SSSR count). The largest absolute Gasteiger partial charge is 0.454 e. The molecule has 2 heterocycles. The number of fused-ring (bicyclic) bond motifs is 1. The Morgan fingerprint density at radius 1 is 1.04 bits per heavy atom. The van der Waals surface area contributed by atoms with Crippen LogP contribution in [0.5, 0.6) is 11.5 Å². The van der Waals surface area contributed by atoms with Crippen LogP contribution in [-0.4, -0.2) is 22.7 Å². The summed E-state index contributed by atoms with van der Waals surface area (Å²) in [7, 11) is 0. The molecule has 1 aliphatic rings. The highest BCUT2D eigenvalue weighted by Gasteiger charge is 2.14. The lowest BCUT2D eigenvalue weighted by molar-refractivity contribution is 0.102. The van der Waals surface area contributed by atoms with Crippen molar-refractivity contribution in [2.75, 3.05) is 17.4 Å². The molecule has 0 unspecified atom stereocenters. The van der Waals surface area contributed by atoms with E-state index in [1.807, 2.05) is 18.2 Å². The van der Waals surface area contributed by atoms with Gasteiger partial charge in [-0.3, -0.25) is 4.79 Å². The van der Waals surface area contributed by atoms with Crippen molar-refractivity contribution in [2.45, 2.75) is 6.54 Å². The highest BCUT2D eigenvalue weighted by atomic mass is 19.1. The number of hydrogen-bond acceptors (Lipinski definition) is 6. The summed E-state index contributed by atoms with van der Waals surface area (Å²) in [5.74, 6) is -0.402. The Labute approximate surface area is 158 Å². The topological polar surface area (TPSA) is 85.4 Å². The highest BCUT2D eigenvalue weighted by Crippen LogP contribution is 2.32. The molecule has 9 heteroatoms. The van der Waals surface area contributed by atoms with Crippen LogP contribution in [0.1, 0.15) is 16.1 Å². The fourth-order valence-electron chi connectivity index (χ4n) is 2.56. The van der Waals surface area contributed by atoms with Crippen LogP contribution < -0.4 is 20.1 Å². The van der Waals surface area contributed by atoms with Crippen LogP contribution in [0.15, 0.2) is 48.8 Å². The number of amides is 1. The van der Waals surface area contributed by atoms with E-state index in [2.05, 4.69) is 20.6 Å². The van der Waals surface area contributed by atoms with Gasteiger partial charge in [-0.1, -0.05) is 6.07 Å². The number of benzene rings is 2. The summed E-state index contributed by atoms with van der Waals surface area (Å²) in [6, 6.07) is 8.46. The molecular formula is C19H14F2N4O3. The Morgan fingerprint density at radius 2 is 1.89 bits per heavy atom. The molecule has 0 spiro atoms. The molecule has 0 fully saturated rings. The smallest absolute Gasteiger partial charge is 0.275 e. The van der Waals surface area contributed by atoms with Crippen molar-refractivity contribution in [1.29, 1.82) is 0 Å². The third-order valence-corrected chi connectivity index (χ3v) is 3.97. The average Bonchev–Trinajstić information content (AvgIpc) is 3.17. The van der Waals surface area contributed by atoms with Crippen molar-refractivity contribution < 1.29 is 23.0 Å². The van der Waals surface area contributed by atoms with Crippen molar-refractivity contribution in [1.82, 2.24) is 9.97 Å². The summed E-state index contributed by atoms with van der Waals surface area (Å²) in [4.78, 5) is 20.3. The number of aromatic nitrogens is 2. The Morgan fingerprint density at radius 3 is 2.68 bits per heavy atom. The summed E-state index contributed by atoms with van der Waals surface area (Å²) in [5.41, 5.74) is 0.815. The number of carbonyl (C=O) groups is 1. The van der Waals surface area contributed by atoms with Gasteiger partial charge in [0, 0.05) is 12.6 Å². The molecule has 1 amide bonds. The van der Waals surface area contributed by atoms with Crippen molar-refractivity contribution in [3.05, 3.63) is 71.7 Å². The van der Waals surface area contributed by atoms with Gasteiger partial charge >= 0.3 is 0 Å². The quantitative estimate of drug-likeness (QED) is 0.702. The van der Waals surface area contributed by atoms with Crippen LogP contribution in [0, 0.1) is 11.6 Å². The monoisotopic (exact) mass is 384 g/mol. The average molecular weight is 384 g/mol. The van der Waals surface area contributed by atoms with Crippen LogP contribution >= 0.6 is 0 Å². The minimum atomic E-state index is -0.872. The van der Waals surface area contributed by atoms with Crippen molar-refractivity contribution in [2.24, 2.45) is 0 Å². The predicted molar refractivity (Wildman–Crippen MR) is 96.2 cm³/mol. The van der Waals surface area contributed by atoms with Gasteiger partial charge in [0.15, 0.2) is 11.5 Å². The van der Waals surface area contributed by atoms with Crippen molar-refractivity contribution in [3.8, 4) is 11.5 Å². The van der Waals surface area contributed by atoms with E-state index in [4.69, 9.17) is 9.47 Å². The second kappa shape index (κ2) is 7.47. The molecule has 0 bridgehead atoms. The van der Waals surface area contributed by atoms with E-state index in [9.17, 15) is 13.6 Å². The molecule has 0 radical (unpaired) electrons. The Bertz CT molecular complexity index is 1030. The van der Waals surface area contributed by atoms with E-state index in [1.165, 1.54) is 12.4 Å². The first-order valence-electron chi connectivity index (χ1n) is 8.29. The molecule has 2 aromatic carbocycles. The lowest BCUT2D eigenvalue weighted by Gasteiger charge is -2.08. The van der Waals surface area contributed by atoms with Gasteiger partial charge in [-0.25, -0.2) is 18.7 Å². The van der Waals surface area contributed by atoms with Gasteiger partial charge in [-0.15, -0.1) is 0 Å². The number of rotatable bonds is 5. The van der Waals surface area contributed by atoms with E-state index in [0.29, 0.717) is 29.9 Å². The van der Waals surface area contributed by atoms with Crippen LogP contribution in [0.3, 0.4) is 0 Å². The van der Waals surface area contributed by atoms with Gasteiger partial charge in [0.2, 0.25) is 6.79 Å². The number of carbonyl (C=O) groups excluding carboxylic acids is 1. The number of halogens is 2. The van der Waals surface area contributed by atoms with Crippen molar-refractivity contribution >= 4 is 17.4 Å². The fourth-order valence-corrected chi connectivity index (χ4v) is 2.56. The van der Waals surface area contributed by atoms with Crippen LogP contribution in [0.4, 0.5) is 20.3 Å². The summed E-state index contributed by atoms with van der Waals surface area (Å²) >= 11 is 0. The summed E-state index contributed by atoms with van der Waals surface area (Å²) in [5, 5.41) is 5.41. The third-order valence-electron chi connectivity index (χ3n) is 3.97. The summed E-state index contributed by atoms with van der Waals surface area (Å²) in [6.07, 6.45) is 2.65. The number of nitrogens with one attached hydrogen (secondary N) is 2. The molecule has 0 atom stereocenters. The minimum absolute atomic E-state index is 0.00245. The molecule has 28 heavy (non-hydrogen) atoms. The molecule has 7 nitrogen and oxygen atoms in total. The first-order valence-corrected chi connectivity index (χ1v) is 8.29. The number of ether oxygens (including phenoxy) is 2. The number of anilines is 2. The number of hydrogen-bond donors (Lipinski definition) is 2. The zero-order chi connectivity index (χ0) is 19.5. The second-order valence-corrected chi connectivity index (χ2v) is 5.91. The van der Waals surface area contributed by atoms with E-state index >= 15 is 0 Å². The van der Waals surface area contributed by atoms with Gasteiger partial charge in [0.05, 0.1) is 18.1 Å². The molecule has 0 saturated carbocycles. The summed E-state index contributed by atoms with van der Waals surface area (Å²) < 4.78 is 37.1. The van der Waals surface area contributed by atoms with E-state index in [0.717, 1.165) is 17.7 Å². The van der Waals surface area contributed by atoms with Crippen LogP contribution in [-0.2, 0) is 6.54 Å². The molecule has 3 aromatic rings. The van der Waals surface area contributed by atoms with Gasteiger partial charge in [0.1, 0.15) is 23.1 Å². The van der Waals surface area contributed by atoms with Gasteiger partial charge in [-0.2, -0.15) is 0 Å². The maximum Gasteiger partial charge on any atom is 0.275 e. The number of nitrogens with zero attached hydrogens (tertiary/aromatic N) is 2. The first kappa shape index (κ1) is 17.7. The molecule has 0 aliphatic carbocycles. The maximum absolute atomic E-state index is 13.6. The van der Waals surface area contributed by atoms with Gasteiger partial charge < -0.3 is 20.1 Å². The Hall–Kier alpha value is -3.75. The molecular weight excluding hydrogens is 370 g/mol.